The first-order valence-corrected chi connectivity index (χ1v) is 7.62. The maximum Gasteiger partial charge on any atom is 0.232 e. The highest BCUT2D eigenvalue weighted by molar-refractivity contribution is 8.00. The second kappa shape index (κ2) is 9.17. The molecule has 0 unspecified atom stereocenters. The molecule has 1 heterocycles. The lowest BCUT2D eigenvalue weighted by Crippen LogP contribution is -2.41. The van der Waals surface area contributed by atoms with Gasteiger partial charge in [0.25, 0.3) is 0 Å². The molecule has 0 aromatic rings. The number of hydrogen-bond acceptors (Lipinski definition) is 5. The van der Waals surface area contributed by atoms with Gasteiger partial charge in [-0.3, -0.25) is 9.59 Å². The Labute approximate surface area is 118 Å². The van der Waals surface area contributed by atoms with E-state index in [1.54, 1.807) is 16.8 Å². The number of thioether (sulfide) groups is 1. The van der Waals surface area contributed by atoms with Crippen molar-refractivity contribution in [2.75, 3.05) is 65.0 Å². The standard InChI is InChI=1S/C12H23N3O3S/c1-13-3-4-14(2)11(16)9-19-10-12(17)15-5-7-18-8-6-15/h13H,3-10H2,1-2H3. The second-order valence-corrected chi connectivity index (χ2v) is 5.39. The van der Waals surface area contributed by atoms with Gasteiger partial charge in [-0.2, -0.15) is 0 Å². The van der Waals surface area contributed by atoms with E-state index in [0.717, 1.165) is 6.54 Å². The van der Waals surface area contributed by atoms with Gasteiger partial charge in [0, 0.05) is 33.2 Å². The number of hydrogen-bond donors (Lipinski definition) is 1. The lowest BCUT2D eigenvalue weighted by atomic mass is 10.4. The fourth-order valence-electron chi connectivity index (χ4n) is 1.64. The molecule has 0 radical (unpaired) electrons. The van der Waals surface area contributed by atoms with Gasteiger partial charge in [-0.25, -0.2) is 0 Å². The summed E-state index contributed by atoms with van der Waals surface area (Å²) in [6.45, 7) is 4.02. The molecule has 0 aliphatic carbocycles. The number of amides is 2. The Bertz CT molecular complexity index is 296. The second-order valence-electron chi connectivity index (χ2n) is 4.40. The van der Waals surface area contributed by atoms with E-state index in [4.69, 9.17) is 4.74 Å². The van der Waals surface area contributed by atoms with Crippen molar-refractivity contribution in [3.05, 3.63) is 0 Å². The monoisotopic (exact) mass is 289 g/mol. The maximum atomic E-state index is 11.8. The van der Waals surface area contributed by atoms with Crippen molar-refractivity contribution in [1.29, 1.82) is 0 Å². The molecule has 0 aromatic heterocycles. The van der Waals surface area contributed by atoms with Crippen LogP contribution < -0.4 is 5.32 Å². The largest absolute Gasteiger partial charge is 0.378 e. The van der Waals surface area contributed by atoms with E-state index in [9.17, 15) is 9.59 Å². The van der Waals surface area contributed by atoms with Crippen molar-refractivity contribution in [3.63, 3.8) is 0 Å². The van der Waals surface area contributed by atoms with Crippen LogP contribution in [0.15, 0.2) is 0 Å². The minimum Gasteiger partial charge on any atom is -0.378 e. The number of carbonyl (C=O) groups excluding carboxylic acids is 2. The number of nitrogens with zero attached hydrogens (tertiary/aromatic N) is 2. The van der Waals surface area contributed by atoms with E-state index >= 15 is 0 Å². The highest BCUT2D eigenvalue weighted by Crippen LogP contribution is 2.06. The van der Waals surface area contributed by atoms with Crippen LogP contribution in [0.25, 0.3) is 0 Å². The normalized spacial score (nSPS) is 15.4. The maximum absolute atomic E-state index is 11.8. The highest BCUT2D eigenvalue weighted by Gasteiger charge is 2.17. The van der Waals surface area contributed by atoms with E-state index in [-0.39, 0.29) is 11.8 Å². The molecule has 0 spiro atoms. The zero-order chi connectivity index (χ0) is 14.1. The first-order chi connectivity index (χ1) is 9.15. The molecule has 0 aromatic carbocycles. The molecule has 1 fully saturated rings. The topological polar surface area (TPSA) is 61.9 Å². The van der Waals surface area contributed by atoms with Crippen LogP contribution in [0.3, 0.4) is 0 Å². The van der Waals surface area contributed by atoms with E-state index in [0.29, 0.717) is 44.4 Å². The molecule has 1 N–H and O–H groups in total. The Hall–Kier alpha value is -0.790. The summed E-state index contributed by atoms with van der Waals surface area (Å²) in [7, 11) is 3.64. The van der Waals surface area contributed by atoms with Crippen LogP contribution in [0.1, 0.15) is 0 Å². The molecule has 1 saturated heterocycles. The van der Waals surface area contributed by atoms with Crippen LogP contribution in [0.5, 0.6) is 0 Å². The summed E-state index contributed by atoms with van der Waals surface area (Å²) in [6, 6.07) is 0. The Morgan fingerprint density at radius 3 is 2.63 bits per heavy atom. The molecule has 6 nitrogen and oxygen atoms in total. The molecule has 110 valence electrons. The van der Waals surface area contributed by atoms with Gasteiger partial charge in [0.1, 0.15) is 0 Å². The van der Waals surface area contributed by atoms with Gasteiger partial charge in [0.2, 0.25) is 11.8 Å². The fourth-order valence-corrected chi connectivity index (χ4v) is 2.50. The number of carbonyl (C=O) groups is 2. The highest BCUT2D eigenvalue weighted by atomic mass is 32.2. The van der Waals surface area contributed by atoms with Crippen molar-refractivity contribution in [2.45, 2.75) is 0 Å². The predicted octanol–water partition coefficient (Wildman–Crippen LogP) is -0.744. The van der Waals surface area contributed by atoms with Gasteiger partial charge in [-0.15, -0.1) is 11.8 Å². The van der Waals surface area contributed by atoms with E-state index < -0.39 is 0 Å². The average molecular weight is 289 g/mol. The summed E-state index contributed by atoms with van der Waals surface area (Å²) in [5.41, 5.74) is 0. The Balaban J connectivity index is 2.14. The number of nitrogens with one attached hydrogen (secondary N) is 1. The van der Waals surface area contributed by atoms with E-state index in [1.165, 1.54) is 11.8 Å². The third kappa shape index (κ3) is 6.26. The zero-order valence-electron chi connectivity index (χ0n) is 11.7. The van der Waals surface area contributed by atoms with Crippen LogP contribution in [0.2, 0.25) is 0 Å². The van der Waals surface area contributed by atoms with E-state index in [2.05, 4.69) is 5.32 Å². The SMILES string of the molecule is CNCCN(C)C(=O)CSCC(=O)N1CCOCC1. The van der Waals surface area contributed by atoms with Gasteiger partial charge < -0.3 is 19.9 Å². The number of likely N-dealkylation sites (N-methyl/N-ethyl adjacent to an activating group) is 2. The lowest BCUT2D eigenvalue weighted by molar-refractivity contribution is -0.132. The first-order valence-electron chi connectivity index (χ1n) is 6.47. The molecule has 2 amide bonds. The van der Waals surface area contributed by atoms with Crippen molar-refractivity contribution in [2.24, 2.45) is 0 Å². The molecule has 0 atom stereocenters. The van der Waals surface area contributed by atoms with Crippen LogP contribution in [-0.4, -0.2) is 86.6 Å². The summed E-state index contributed by atoms with van der Waals surface area (Å²) in [5, 5.41) is 3.00. The number of rotatable bonds is 7. The fraction of sp³-hybridized carbons (Fsp3) is 0.833. The first kappa shape index (κ1) is 16.3. The molecule has 0 saturated carbocycles. The van der Waals surface area contributed by atoms with Crippen LogP contribution >= 0.6 is 11.8 Å². The van der Waals surface area contributed by atoms with Crippen molar-refractivity contribution in [3.8, 4) is 0 Å². The molecule has 0 bridgehead atoms. The van der Waals surface area contributed by atoms with Gasteiger partial charge in [0.15, 0.2) is 0 Å². The van der Waals surface area contributed by atoms with Crippen molar-refractivity contribution >= 4 is 23.6 Å². The lowest BCUT2D eigenvalue weighted by Gasteiger charge is -2.26. The quantitative estimate of drug-likeness (QED) is 0.669. The van der Waals surface area contributed by atoms with Crippen LogP contribution in [-0.2, 0) is 14.3 Å². The molecule has 19 heavy (non-hydrogen) atoms. The third-order valence-electron chi connectivity index (χ3n) is 2.94. The van der Waals surface area contributed by atoms with Crippen LogP contribution in [0.4, 0.5) is 0 Å². The molecule has 7 heteroatoms. The number of morpholine rings is 1. The minimum absolute atomic E-state index is 0.0648. The minimum atomic E-state index is 0.0648. The molecule has 1 aliphatic heterocycles. The summed E-state index contributed by atoms with van der Waals surface area (Å²) >= 11 is 1.38. The zero-order valence-corrected chi connectivity index (χ0v) is 12.5. The Morgan fingerprint density at radius 2 is 2.00 bits per heavy atom. The van der Waals surface area contributed by atoms with Gasteiger partial charge in [-0.05, 0) is 7.05 Å². The molecule has 1 rings (SSSR count). The Morgan fingerprint density at radius 1 is 1.32 bits per heavy atom. The summed E-state index contributed by atoms with van der Waals surface area (Å²) in [5.74, 6) is 0.885. The van der Waals surface area contributed by atoms with Gasteiger partial charge >= 0.3 is 0 Å². The van der Waals surface area contributed by atoms with Crippen molar-refractivity contribution in [1.82, 2.24) is 15.1 Å². The summed E-state index contributed by atoms with van der Waals surface area (Å²) < 4.78 is 5.19. The average Bonchev–Trinajstić information content (AvgIpc) is 2.45. The van der Waals surface area contributed by atoms with Gasteiger partial charge in [-0.1, -0.05) is 0 Å². The summed E-state index contributed by atoms with van der Waals surface area (Å²) in [6.07, 6.45) is 0. The molecular weight excluding hydrogens is 266 g/mol. The van der Waals surface area contributed by atoms with Gasteiger partial charge in [0.05, 0.1) is 24.7 Å². The predicted molar refractivity (Wildman–Crippen MR) is 76.3 cm³/mol. The number of ether oxygens (including phenoxy) is 1. The Kier molecular flexibility index (Phi) is 7.85. The third-order valence-corrected chi connectivity index (χ3v) is 3.84. The van der Waals surface area contributed by atoms with Crippen LogP contribution in [0, 0.1) is 0 Å². The smallest absolute Gasteiger partial charge is 0.232 e. The summed E-state index contributed by atoms with van der Waals surface area (Å²) in [4.78, 5) is 27.1. The van der Waals surface area contributed by atoms with Crippen molar-refractivity contribution < 1.29 is 14.3 Å². The molecule has 1 aliphatic rings. The van der Waals surface area contributed by atoms with E-state index in [1.807, 2.05) is 7.05 Å². The molecular formula is C12H23N3O3S.